The number of benzene rings is 7. The Morgan fingerprint density at radius 1 is 0.495 bits per heavy atom. The zero-order valence-electron chi connectivity index (χ0n) is 57.3. The first-order valence-corrected chi connectivity index (χ1v) is 33.4. The number of nitrogens with two attached hydrogens (primary N) is 3. The fraction of sp³-hybridized carbons (Fsp3) is 0.197. The number of nitriles is 3. The third-order valence-electron chi connectivity index (χ3n) is 16.8. The third-order valence-corrected chi connectivity index (χ3v) is 17.0. The number of rotatable bonds is 15. The average molecular weight is 1420 g/mol. The van der Waals surface area contributed by atoms with E-state index in [1.807, 2.05) is 84.9 Å². The number of carbonyl (C=O) groups excluding carboxylic acids is 1. The molecule has 3 aliphatic heterocycles. The topological polar surface area (TPSA) is 400 Å². The monoisotopic (exact) mass is 1420 g/mol. The van der Waals surface area contributed by atoms with E-state index in [0.717, 1.165) is 74.0 Å². The maximum absolute atomic E-state index is 11.9. The Morgan fingerprint density at radius 3 is 1.39 bits per heavy atom. The first-order valence-electron chi connectivity index (χ1n) is 33.1. The van der Waals surface area contributed by atoms with Gasteiger partial charge >= 0.3 is 12.0 Å². The van der Waals surface area contributed by atoms with Crippen molar-refractivity contribution in [2.45, 2.75) is 58.7 Å². The van der Waals surface area contributed by atoms with Gasteiger partial charge in [0.2, 0.25) is 17.2 Å². The van der Waals surface area contributed by atoms with E-state index >= 15 is 0 Å². The summed E-state index contributed by atoms with van der Waals surface area (Å²) in [5.74, 6) is 2.50. The Hall–Kier alpha value is -13.3. The summed E-state index contributed by atoms with van der Waals surface area (Å²) >= 11 is 5.96. The number of aromatic amines is 1. The second-order valence-corrected chi connectivity index (χ2v) is 23.8. The smallest absolute Gasteiger partial charge is 0.304 e. The van der Waals surface area contributed by atoms with Crippen LogP contribution in [0.3, 0.4) is 0 Å². The number of nitrogens with zero attached hydrogens (tertiary/aromatic N) is 14. The molecule has 0 aliphatic carbocycles. The molecule has 10 N–H and O–H groups in total. The zero-order valence-corrected chi connectivity index (χ0v) is 58.1. The van der Waals surface area contributed by atoms with Gasteiger partial charge in [-0.05, 0) is 76.8 Å². The Labute approximate surface area is 607 Å². The van der Waals surface area contributed by atoms with E-state index in [4.69, 9.17) is 87.7 Å². The van der Waals surface area contributed by atoms with E-state index in [1.54, 1.807) is 64.8 Å². The van der Waals surface area contributed by atoms with Gasteiger partial charge in [-0.2, -0.15) is 40.7 Å². The minimum absolute atomic E-state index is 0.273. The Kier molecular flexibility index (Phi) is 23.1. The van der Waals surface area contributed by atoms with Crippen LogP contribution in [-0.2, 0) is 72.9 Å². The molecule has 28 nitrogen and oxygen atoms in total. The number of carbonyl (C=O) groups is 1. The number of H-pyrrole nitrogens is 1. The summed E-state index contributed by atoms with van der Waals surface area (Å²) < 4.78 is 36.2. The number of ether oxygens (including phenoxy) is 6. The summed E-state index contributed by atoms with van der Waals surface area (Å²) in [7, 11) is 4.59. The molecule has 0 fully saturated rings. The minimum atomic E-state index is -0.559. The number of hydrogen-bond donors (Lipinski definition) is 7. The standard InChI is InChI=1S/C23H22N6O3.C23H20N6O2.C14H14ClN3O.C9H7N3O.C7H7N3/c1-31-23-27-19-15(20(24)30)8-5-9-18(19)29(23)22-26-17-10-11-32-13-16(17)21(28-22)25-12-14-6-3-2-4-7-14;1-30-23-27-20-16(12-24)8-5-9-19(20)29(23)22-26-18-10-11-31-14-17(18)21(28-22)25-13-15-6-3-2-4-7-15;15-14-17-12-6-7-19-9-11(12)13(18-14)16-8-10-4-2-1-3-5-10;1-13-9-11-7-4-2-3-6(5-10)8(7)12-9;8-4-5-2-1-3-6(9)7(5)10/h2-9H,10-13H2,1H3,(H2,24,30)(H,25,26,28);2-9H,10-11,13-14H2,1H3,(H,25,26,28);1-5H,6-9H2,(H,16,17,18);2-4H,1H3,(H,11,12);1-3H,9-10H2. The summed E-state index contributed by atoms with van der Waals surface area (Å²) in [6.07, 6.45) is 2.16. The maximum Gasteiger partial charge on any atom is 0.304 e. The number of nitrogens with one attached hydrogen (secondary N) is 4. The van der Waals surface area contributed by atoms with Gasteiger partial charge in [-0.25, -0.2) is 29.1 Å². The highest BCUT2D eigenvalue weighted by molar-refractivity contribution is 6.28. The molecule has 13 aromatic rings. The number of primary amides is 1. The van der Waals surface area contributed by atoms with Crippen molar-refractivity contribution < 1.29 is 33.2 Å². The number of halogens is 1. The van der Waals surface area contributed by atoms with E-state index in [1.165, 1.54) is 19.8 Å². The molecular formula is C76H70ClN21O7. The molecule has 0 unspecified atom stereocenters. The second kappa shape index (κ2) is 33.9. The van der Waals surface area contributed by atoms with Gasteiger partial charge in [0.05, 0.1) is 128 Å². The molecule has 7 aromatic carbocycles. The van der Waals surface area contributed by atoms with Gasteiger partial charge in [0.1, 0.15) is 52.2 Å². The lowest BCUT2D eigenvalue weighted by Crippen LogP contribution is -2.19. The summed E-state index contributed by atoms with van der Waals surface area (Å²) in [6, 6.07) is 58.6. The summed E-state index contributed by atoms with van der Waals surface area (Å²) in [5, 5.41) is 37.2. The molecule has 0 saturated carbocycles. The largest absolute Gasteiger partial charge is 0.468 e. The summed E-state index contributed by atoms with van der Waals surface area (Å²) in [6.45, 7) is 5.30. The Balaban J connectivity index is 0.000000131. The highest BCUT2D eigenvalue weighted by Crippen LogP contribution is 2.33. The lowest BCUT2D eigenvalue weighted by Gasteiger charge is -2.21. The van der Waals surface area contributed by atoms with Gasteiger partial charge in [0.25, 0.3) is 11.9 Å². The van der Waals surface area contributed by atoms with Gasteiger partial charge in [-0.15, -0.1) is 0 Å². The van der Waals surface area contributed by atoms with Crippen molar-refractivity contribution in [1.82, 2.24) is 59.0 Å². The molecular weight excluding hydrogens is 1350 g/mol. The molecule has 0 radical (unpaired) electrons. The molecule has 1 amide bonds. The zero-order chi connectivity index (χ0) is 73.2. The van der Waals surface area contributed by atoms with Crippen molar-refractivity contribution >= 4 is 79.4 Å². The van der Waals surface area contributed by atoms with Gasteiger partial charge in [-0.3, -0.25) is 4.79 Å². The number of fused-ring (bicyclic) bond motifs is 6. The fourth-order valence-electron chi connectivity index (χ4n) is 11.6. The molecule has 6 aromatic heterocycles. The lowest BCUT2D eigenvalue weighted by molar-refractivity contribution is 0.100. The molecule has 3 aliphatic rings. The Bertz CT molecular complexity index is 5390. The van der Waals surface area contributed by atoms with Crippen LogP contribution in [0.2, 0.25) is 5.28 Å². The molecule has 0 saturated heterocycles. The molecule has 9 heterocycles. The van der Waals surface area contributed by atoms with Crippen molar-refractivity contribution in [3.05, 3.63) is 242 Å². The number of amides is 1. The van der Waals surface area contributed by atoms with E-state index in [0.29, 0.717) is 158 Å². The highest BCUT2D eigenvalue weighted by atomic mass is 35.5. The van der Waals surface area contributed by atoms with E-state index in [9.17, 15) is 10.1 Å². The van der Waals surface area contributed by atoms with Crippen LogP contribution in [0.1, 0.15) is 77.5 Å². The van der Waals surface area contributed by atoms with Crippen LogP contribution >= 0.6 is 11.6 Å². The van der Waals surface area contributed by atoms with Crippen LogP contribution in [0.4, 0.5) is 28.8 Å². The predicted molar refractivity (Wildman–Crippen MR) is 395 cm³/mol. The molecule has 16 rings (SSSR count). The first kappa shape index (κ1) is 71.5. The third kappa shape index (κ3) is 16.7. The normalized spacial score (nSPS) is 12.4. The molecule has 0 atom stereocenters. The molecule has 29 heteroatoms. The van der Waals surface area contributed by atoms with E-state index in [2.05, 4.69) is 94.4 Å². The number of para-hydroxylation sites is 4. The number of hydrogen-bond acceptors (Lipinski definition) is 24. The second-order valence-electron chi connectivity index (χ2n) is 23.5. The van der Waals surface area contributed by atoms with Crippen LogP contribution in [-0.4, -0.2) is 106 Å². The number of methoxy groups -OCH3 is 3. The van der Waals surface area contributed by atoms with Gasteiger partial charge in [0.15, 0.2) is 0 Å². The van der Waals surface area contributed by atoms with Crippen molar-refractivity contribution in [3.8, 4) is 48.1 Å². The Morgan fingerprint density at radius 2 is 0.924 bits per heavy atom. The van der Waals surface area contributed by atoms with Crippen LogP contribution < -0.4 is 47.4 Å². The minimum Gasteiger partial charge on any atom is -0.468 e. The predicted octanol–water partition coefficient (Wildman–Crippen LogP) is 11.0. The number of nitrogen functional groups attached to an aromatic ring is 2. The average Bonchev–Trinajstić information content (AvgIpc) is 1.64. The van der Waals surface area contributed by atoms with Crippen molar-refractivity contribution in [3.63, 3.8) is 0 Å². The molecule has 0 bridgehead atoms. The summed E-state index contributed by atoms with van der Waals surface area (Å²) in [4.78, 5) is 55.7. The molecule has 105 heavy (non-hydrogen) atoms. The van der Waals surface area contributed by atoms with Crippen molar-refractivity contribution in [2.24, 2.45) is 5.73 Å². The van der Waals surface area contributed by atoms with Crippen LogP contribution in [0.15, 0.2) is 164 Å². The fourth-order valence-corrected chi connectivity index (χ4v) is 11.8. The SMILES string of the molecule is COc1nc2c(C#N)cccc2[nH]1.COc1nc2c(C#N)cccc2n1-c1nc2c(c(NCc3ccccc3)n1)COCC2.COc1nc2c(C(N)=O)cccc2n1-c1nc2c(c(NCc3ccccc3)n1)COCC2.Clc1nc2c(c(NCc3ccccc3)n1)COCC2.N#Cc1cccc(N)c1N. The first-order chi connectivity index (χ1) is 51.4. The lowest BCUT2D eigenvalue weighted by atomic mass is 10.1. The molecule has 0 spiro atoms. The quantitative estimate of drug-likeness (QED) is 0.0370. The van der Waals surface area contributed by atoms with E-state index < -0.39 is 5.91 Å². The highest BCUT2D eigenvalue weighted by Gasteiger charge is 2.27. The van der Waals surface area contributed by atoms with Crippen molar-refractivity contribution in [2.75, 3.05) is 68.6 Å². The van der Waals surface area contributed by atoms with Crippen LogP contribution in [0, 0.1) is 34.0 Å². The number of imidazole rings is 3. The van der Waals surface area contributed by atoms with E-state index in [-0.39, 0.29) is 11.3 Å². The number of aromatic nitrogens is 12. The van der Waals surface area contributed by atoms with Crippen LogP contribution in [0.25, 0.3) is 45.0 Å². The van der Waals surface area contributed by atoms with Crippen LogP contribution in [0.5, 0.6) is 18.0 Å². The summed E-state index contributed by atoms with van der Waals surface area (Å²) in [5.41, 5.74) is 32.1. The van der Waals surface area contributed by atoms with Gasteiger partial charge in [0, 0.05) is 55.6 Å². The van der Waals surface area contributed by atoms with Gasteiger partial charge in [-0.1, -0.05) is 115 Å². The number of anilines is 5. The maximum atomic E-state index is 11.9. The van der Waals surface area contributed by atoms with Crippen molar-refractivity contribution in [1.29, 1.82) is 15.8 Å². The molecule has 528 valence electrons. The van der Waals surface area contributed by atoms with Gasteiger partial charge < -0.3 is 66.6 Å².